The van der Waals surface area contributed by atoms with Crippen LogP contribution in [-0.4, -0.2) is 5.91 Å². The van der Waals surface area contributed by atoms with Crippen molar-refractivity contribution in [1.82, 2.24) is 5.43 Å². The van der Waals surface area contributed by atoms with Gasteiger partial charge in [0.25, 0.3) is 0 Å². The summed E-state index contributed by atoms with van der Waals surface area (Å²) in [4.78, 5) is 10.8. The molecule has 0 spiro atoms. The molecule has 13 heavy (non-hydrogen) atoms. The van der Waals surface area contributed by atoms with Crippen molar-refractivity contribution < 1.29 is 4.79 Å². The molecule has 1 amide bonds. The molecule has 3 nitrogen and oxygen atoms in total. The second kappa shape index (κ2) is 4.99. The van der Waals surface area contributed by atoms with Gasteiger partial charge in [-0.15, -0.1) is 0 Å². The highest BCUT2D eigenvalue weighted by molar-refractivity contribution is 9.10. The predicted molar refractivity (Wildman–Crippen MR) is 54.8 cm³/mol. The van der Waals surface area contributed by atoms with Crippen molar-refractivity contribution in [2.45, 2.75) is 12.8 Å². The fraction of sp³-hybridized carbons (Fsp3) is 0.222. The Balaban J connectivity index is 2.46. The van der Waals surface area contributed by atoms with E-state index in [1.807, 2.05) is 24.3 Å². The van der Waals surface area contributed by atoms with Crippen LogP contribution in [0.15, 0.2) is 28.7 Å². The molecule has 0 aromatic heterocycles. The van der Waals surface area contributed by atoms with Gasteiger partial charge in [-0.2, -0.15) is 0 Å². The number of halogens is 1. The number of carbonyl (C=O) groups is 1. The molecule has 0 saturated carbocycles. The molecule has 0 atom stereocenters. The normalized spacial score (nSPS) is 9.69. The van der Waals surface area contributed by atoms with E-state index < -0.39 is 0 Å². The van der Waals surface area contributed by atoms with Gasteiger partial charge in [0.2, 0.25) is 5.91 Å². The summed E-state index contributed by atoms with van der Waals surface area (Å²) >= 11 is 3.34. The summed E-state index contributed by atoms with van der Waals surface area (Å²) in [6, 6.07) is 7.87. The molecule has 4 heteroatoms. The van der Waals surface area contributed by atoms with Crippen molar-refractivity contribution in [3.05, 3.63) is 34.3 Å². The van der Waals surface area contributed by atoms with E-state index in [9.17, 15) is 4.79 Å². The van der Waals surface area contributed by atoms with Crippen LogP contribution in [-0.2, 0) is 11.2 Å². The van der Waals surface area contributed by atoms with Crippen LogP contribution in [0.3, 0.4) is 0 Å². The van der Waals surface area contributed by atoms with Gasteiger partial charge in [-0.1, -0.05) is 28.1 Å². The van der Waals surface area contributed by atoms with E-state index in [4.69, 9.17) is 5.84 Å². The first-order valence-corrected chi connectivity index (χ1v) is 4.75. The Hall–Kier alpha value is -0.870. The Bertz CT molecular complexity index is 284. The van der Waals surface area contributed by atoms with Gasteiger partial charge in [0, 0.05) is 10.9 Å². The number of nitrogens with two attached hydrogens (primary N) is 1. The molecule has 0 aliphatic heterocycles. The Morgan fingerprint density at radius 1 is 1.38 bits per heavy atom. The average Bonchev–Trinajstić information content (AvgIpc) is 2.16. The van der Waals surface area contributed by atoms with Crippen LogP contribution < -0.4 is 11.3 Å². The van der Waals surface area contributed by atoms with Crippen LogP contribution in [0.5, 0.6) is 0 Å². The maximum Gasteiger partial charge on any atom is 0.234 e. The zero-order valence-corrected chi connectivity index (χ0v) is 8.67. The summed E-state index contributed by atoms with van der Waals surface area (Å²) in [6.45, 7) is 0. The summed E-state index contributed by atoms with van der Waals surface area (Å²) < 4.78 is 1.04. The van der Waals surface area contributed by atoms with Gasteiger partial charge < -0.3 is 0 Å². The number of benzene rings is 1. The van der Waals surface area contributed by atoms with E-state index in [1.165, 1.54) is 0 Å². The number of amides is 1. The highest BCUT2D eigenvalue weighted by Gasteiger charge is 1.99. The summed E-state index contributed by atoms with van der Waals surface area (Å²) in [7, 11) is 0. The minimum absolute atomic E-state index is 0.136. The molecule has 0 saturated heterocycles. The Morgan fingerprint density at radius 3 is 2.54 bits per heavy atom. The molecule has 0 fully saturated rings. The van der Waals surface area contributed by atoms with Crippen molar-refractivity contribution in [3.63, 3.8) is 0 Å². The first kappa shape index (κ1) is 10.2. The van der Waals surface area contributed by atoms with E-state index in [2.05, 4.69) is 21.4 Å². The first-order valence-electron chi connectivity index (χ1n) is 3.96. The number of nitrogens with one attached hydrogen (secondary N) is 1. The fourth-order valence-corrected chi connectivity index (χ4v) is 1.25. The van der Waals surface area contributed by atoms with Crippen LogP contribution in [0.1, 0.15) is 12.0 Å². The van der Waals surface area contributed by atoms with E-state index in [0.717, 1.165) is 16.5 Å². The van der Waals surface area contributed by atoms with Gasteiger partial charge in [0.1, 0.15) is 0 Å². The maximum absolute atomic E-state index is 10.8. The number of rotatable bonds is 3. The monoisotopic (exact) mass is 242 g/mol. The van der Waals surface area contributed by atoms with E-state index in [1.54, 1.807) is 0 Å². The number of hydrogen-bond acceptors (Lipinski definition) is 2. The second-order valence-corrected chi connectivity index (χ2v) is 3.61. The number of aryl methyl sites for hydroxylation is 1. The molecule has 1 rings (SSSR count). The molecular weight excluding hydrogens is 232 g/mol. The van der Waals surface area contributed by atoms with Crippen LogP contribution in [0, 0.1) is 0 Å². The molecule has 1 aromatic carbocycles. The minimum Gasteiger partial charge on any atom is -0.294 e. The van der Waals surface area contributed by atoms with Crippen LogP contribution in [0.2, 0.25) is 0 Å². The second-order valence-electron chi connectivity index (χ2n) is 2.69. The van der Waals surface area contributed by atoms with E-state index in [0.29, 0.717) is 6.42 Å². The fourth-order valence-electron chi connectivity index (χ4n) is 0.981. The number of hydrazine groups is 1. The Labute approximate surface area is 85.4 Å². The van der Waals surface area contributed by atoms with Gasteiger partial charge in [-0.05, 0) is 24.1 Å². The lowest BCUT2D eigenvalue weighted by molar-refractivity contribution is -0.121. The minimum atomic E-state index is -0.136. The molecule has 0 radical (unpaired) electrons. The topological polar surface area (TPSA) is 55.1 Å². The Kier molecular flexibility index (Phi) is 3.92. The molecular formula is C9H11BrN2O. The quantitative estimate of drug-likeness (QED) is 0.478. The summed E-state index contributed by atoms with van der Waals surface area (Å²) in [5, 5.41) is 0. The largest absolute Gasteiger partial charge is 0.294 e. The molecule has 0 heterocycles. The Morgan fingerprint density at radius 2 is 2.00 bits per heavy atom. The van der Waals surface area contributed by atoms with Crippen molar-refractivity contribution in [2.75, 3.05) is 0 Å². The lowest BCUT2D eigenvalue weighted by Crippen LogP contribution is -2.30. The molecule has 70 valence electrons. The lowest BCUT2D eigenvalue weighted by Gasteiger charge is -2.00. The van der Waals surface area contributed by atoms with Gasteiger partial charge in [-0.3, -0.25) is 10.2 Å². The third kappa shape index (κ3) is 3.57. The van der Waals surface area contributed by atoms with Gasteiger partial charge in [0.05, 0.1) is 0 Å². The third-order valence-electron chi connectivity index (χ3n) is 1.71. The summed E-state index contributed by atoms with van der Waals surface area (Å²) in [5.74, 6) is 4.82. The number of hydrogen-bond donors (Lipinski definition) is 2. The van der Waals surface area contributed by atoms with Crippen molar-refractivity contribution in [1.29, 1.82) is 0 Å². The average molecular weight is 243 g/mol. The zero-order chi connectivity index (χ0) is 9.68. The SMILES string of the molecule is NNC(=O)CCc1ccc(Br)cc1. The summed E-state index contributed by atoms with van der Waals surface area (Å²) in [6.07, 6.45) is 1.15. The molecule has 1 aromatic rings. The van der Waals surface area contributed by atoms with Crippen molar-refractivity contribution >= 4 is 21.8 Å². The van der Waals surface area contributed by atoms with Crippen LogP contribution in [0.25, 0.3) is 0 Å². The van der Waals surface area contributed by atoms with E-state index in [-0.39, 0.29) is 5.91 Å². The van der Waals surface area contributed by atoms with Crippen LogP contribution >= 0.6 is 15.9 Å². The molecule has 0 aliphatic rings. The molecule has 0 bridgehead atoms. The third-order valence-corrected chi connectivity index (χ3v) is 2.24. The smallest absolute Gasteiger partial charge is 0.234 e. The van der Waals surface area contributed by atoms with E-state index >= 15 is 0 Å². The predicted octanol–water partition coefficient (Wildman–Crippen LogP) is 1.37. The zero-order valence-electron chi connectivity index (χ0n) is 7.09. The lowest BCUT2D eigenvalue weighted by atomic mass is 10.1. The van der Waals surface area contributed by atoms with Crippen molar-refractivity contribution in [2.24, 2.45) is 5.84 Å². The standard InChI is InChI=1S/C9H11BrN2O/c10-8-4-1-7(2-5-8)3-6-9(13)12-11/h1-2,4-5H,3,6,11H2,(H,12,13). The number of carbonyl (C=O) groups excluding carboxylic acids is 1. The highest BCUT2D eigenvalue weighted by atomic mass is 79.9. The maximum atomic E-state index is 10.8. The van der Waals surface area contributed by atoms with Crippen molar-refractivity contribution in [3.8, 4) is 0 Å². The van der Waals surface area contributed by atoms with Crippen LogP contribution in [0.4, 0.5) is 0 Å². The molecule has 3 N–H and O–H groups in total. The first-order chi connectivity index (χ1) is 6.22. The van der Waals surface area contributed by atoms with Gasteiger partial charge >= 0.3 is 0 Å². The highest BCUT2D eigenvalue weighted by Crippen LogP contribution is 2.11. The van der Waals surface area contributed by atoms with Gasteiger partial charge in [0.15, 0.2) is 0 Å². The summed E-state index contributed by atoms with van der Waals surface area (Å²) in [5.41, 5.74) is 3.23. The molecule has 0 aliphatic carbocycles. The molecule has 0 unspecified atom stereocenters. The van der Waals surface area contributed by atoms with Gasteiger partial charge in [-0.25, -0.2) is 5.84 Å².